The number of likely N-dealkylation sites (N-methyl/N-ethyl adjacent to an activating group) is 1. The first-order valence-electron chi connectivity index (χ1n) is 8.17. The third-order valence-corrected chi connectivity index (χ3v) is 4.00. The summed E-state index contributed by atoms with van der Waals surface area (Å²) in [4.78, 5) is 16.6. The summed E-state index contributed by atoms with van der Waals surface area (Å²) in [6, 6.07) is 9.41. The molecule has 5 heteroatoms. The van der Waals surface area contributed by atoms with Crippen LogP contribution >= 0.6 is 0 Å². The highest BCUT2D eigenvalue weighted by Gasteiger charge is 2.14. The van der Waals surface area contributed by atoms with Crippen molar-refractivity contribution in [3.05, 3.63) is 30.3 Å². The summed E-state index contributed by atoms with van der Waals surface area (Å²) < 4.78 is 5.41. The minimum atomic E-state index is -0.0559. The highest BCUT2D eigenvalue weighted by molar-refractivity contribution is 5.77. The van der Waals surface area contributed by atoms with Gasteiger partial charge in [-0.15, -0.1) is 0 Å². The van der Waals surface area contributed by atoms with Crippen LogP contribution in [0.3, 0.4) is 0 Å². The number of ether oxygens (including phenoxy) is 1. The van der Waals surface area contributed by atoms with E-state index in [1.54, 1.807) is 0 Å². The maximum Gasteiger partial charge on any atom is 0.257 e. The zero-order valence-electron chi connectivity index (χ0n) is 13.5. The zero-order chi connectivity index (χ0) is 15.6. The lowest BCUT2D eigenvalue weighted by molar-refractivity contribution is -0.123. The minimum absolute atomic E-state index is 0.0559. The average molecular weight is 305 g/mol. The lowest BCUT2D eigenvalue weighted by atomic mass is 10.3. The molecular weight excluding hydrogens is 278 g/mol. The molecule has 1 N–H and O–H groups in total. The Morgan fingerprint density at radius 1 is 1.14 bits per heavy atom. The van der Waals surface area contributed by atoms with E-state index in [2.05, 4.69) is 22.0 Å². The SMILES string of the molecule is CCN1CCN(CCCNC(=O)COc2ccccc2)CC1. The van der Waals surface area contributed by atoms with Gasteiger partial charge in [0.05, 0.1) is 0 Å². The summed E-state index contributed by atoms with van der Waals surface area (Å²) in [5, 5.41) is 2.91. The Morgan fingerprint density at radius 3 is 2.50 bits per heavy atom. The predicted molar refractivity (Wildman–Crippen MR) is 88.1 cm³/mol. The molecule has 122 valence electrons. The second-order valence-corrected chi connectivity index (χ2v) is 5.58. The zero-order valence-corrected chi connectivity index (χ0v) is 13.5. The molecule has 0 aromatic heterocycles. The molecule has 1 aromatic carbocycles. The summed E-state index contributed by atoms with van der Waals surface area (Å²) in [6.07, 6.45) is 0.989. The fourth-order valence-corrected chi connectivity index (χ4v) is 2.58. The maximum absolute atomic E-state index is 11.7. The van der Waals surface area contributed by atoms with E-state index < -0.39 is 0 Å². The van der Waals surface area contributed by atoms with Gasteiger partial charge < -0.3 is 19.9 Å². The highest BCUT2D eigenvalue weighted by Crippen LogP contribution is 2.07. The largest absolute Gasteiger partial charge is 0.484 e. The molecule has 0 aliphatic carbocycles. The first kappa shape index (κ1) is 16.8. The third kappa shape index (κ3) is 6.03. The molecule has 2 rings (SSSR count). The van der Waals surface area contributed by atoms with Crippen LogP contribution in [0.25, 0.3) is 0 Å². The molecule has 1 heterocycles. The van der Waals surface area contributed by atoms with E-state index in [-0.39, 0.29) is 12.5 Å². The summed E-state index contributed by atoms with van der Waals surface area (Å²) in [5.74, 6) is 0.672. The normalized spacial score (nSPS) is 16.4. The molecule has 1 amide bonds. The van der Waals surface area contributed by atoms with Crippen LogP contribution in [-0.4, -0.2) is 68.1 Å². The molecule has 5 nitrogen and oxygen atoms in total. The number of piperazine rings is 1. The highest BCUT2D eigenvalue weighted by atomic mass is 16.5. The Hall–Kier alpha value is -1.59. The number of rotatable bonds is 8. The van der Waals surface area contributed by atoms with Crippen LogP contribution in [0.4, 0.5) is 0 Å². The van der Waals surface area contributed by atoms with Crippen molar-refractivity contribution in [1.82, 2.24) is 15.1 Å². The monoisotopic (exact) mass is 305 g/mol. The van der Waals surface area contributed by atoms with Crippen molar-refractivity contribution >= 4 is 5.91 Å². The van der Waals surface area contributed by atoms with Crippen LogP contribution < -0.4 is 10.1 Å². The van der Waals surface area contributed by atoms with Crippen LogP contribution in [-0.2, 0) is 4.79 Å². The third-order valence-electron chi connectivity index (χ3n) is 4.00. The van der Waals surface area contributed by atoms with E-state index in [1.807, 2.05) is 30.3 Å². The van der Waals surface area contributed by atoms with Gasteiger partial charge in [-0.25, -0.2) is 0 Å². The van der Waals surface area contributed by atoms with Crippen molar-refractivity contribution < 1.29 is 9.53 Å². The Morgan fingerprint density at radius 2 is 1.82 bits per heavy atom. The van der Waals surface area contributed by atoms with E-state index in [9.17, 15) is 4.79 Å². The van der Waals surface area contributed by atoms with Crippen molar-refractivity contribution in [3.63, 3.8) is 0 Å². The van der Waals surface area contributed by atoms with Crippen LogP contribution in [0.15, 0.2) is 30.3 Å². The van der Waals surface area contributed by atoms with E-state index in [1.165, 1.54) is 0 Å². The summed E-state index contributed by atoms with van der Waals surface area (Å²) in [6.45, 7) is 9.80. The van der Waals surface area contributed by atoms with Gasteiger partial charge in [0, 0.05) is 32.7 Å². The molecule has 0 radical (unpaired) electrons. The van der Waals surface area contributed by atoms with E-state index in [0.717, 1.165) is 51.4 Å². The van der Waals surface area contributed by atoms with Crippen molar-refractivity contribution in [2.24, 2.45) is 0 Å². The van der Waals surface area contributed by atoms with Gasteiger partial charge in [0.1, 0.15) is 5.75 Å². The molecule has 1 aliphatic heterocycles. The fraction of sp³-hybridized carbons (Fsp3) is 0.588. The minimum Gasteiger partial charge on any atom is -0.484 e. The van der Waals surface area contributed by atoms with Crippen LogP contribution in [0, 0.1) is 0 Å². The average Bonchev–Trinajstić information content (AvgIpc) is 2.58. The molecule has 0 unspecified atom stereocenters. The molecule has 0 bridgehead atoms. The second-order valence-electron chi connectivity index (χ2n) is 5.58. The Bertz CT molecular complexity index is 431. The van der Waals surface area contributed by atoms with Crippen molar-refractivity contribution in [1.29, 1.82) is 0 Å². The summed E-state index contributed by atoms with van der Waals surface area (Å²) >= 11 is 0. The standard InChI is InChI=1S/C17H27N3O2/c1-2-19-11-13-20(14-12-19)10-6-9-18-17(21)15-22-16-7-4-3-5-8-16/h3-5,7-8H,2,6,9-15H2,1H3,(H,18,21). The summed E-state index contributed by atoms with van der Waals surface area (Å²) in [7, 11) is 0. The van der Waals surface area contributed by atoms with E-state index >= 15 is 0 Å². The quantitative estimate of drug-likeness (QED) is 0.733. The van der Waals surface area contributed by atoms with Gasteiger partial charge in [0.15, 0.2) is 6.61 Å². The Labute approximate surface area is 133 Å². The molecule has 1 aliphatic rings. The topological polar surface area (TPSA) is 44.8 Å². The number of carbonyl (C=O) groups excluding carboxylic acids is 1. The molecule has 1 aromatic rings. The van der Waals surface area contributed by atoms with Crippen LogP contribution in [0.5, 0.6) is 5.75 Å². The number of hydrogen-bond donors (Lipinski definition) is 1. The van der Waals surface area contributed by atoms with Crippen LogP contribution in [0.2, 0.25) is 0 Å². The smallest absolute Gasteiger partial charge is 0.257 e. The molecule has 22 heavy (non-hydrogen) atoms. The number of amides is 1. The number of hydrogen-bond acceptors (Lipinski definition) is 4. The molecular formula is C17H27N3O2. The first-order chi connectivity index (χ1) is 10.8. The van der Waals surface area contributed by atoms with Crippen molar-refractivity contribution in [2.45, 2.75) is 13.3 Å². The maximum atomic E-state index is 11.7. The number of para-hydroxylation sites is 1. The second kappa shape index (κ2) is 9.43. The van der Waals surface area contributed by atoms with Gasteiger partial charge in [0.2, 0.25) is 0 Å². The van der Waals surface area contributed by atoms with Crippen molar-refractivity contribution in [2.75, 3.05) is 52.4 Å². The molecule has 1 fully saturated rings. The Balaban J connectivity index is 1.50. The number of nitrogens with zero attached hydrogens (tertiary/aromatic N) is 2. The predicted octanol–water partition coefficient (Wildman–Crippen LogP) is 1.21. The first-order valence-corrected chi connectivity index (χ1v) is 8.17. The number of carbonyl (C=O) groups is 1. The van der Waals surface area contributed by atoms with Gasteiger partial charge in [-0.05, 0) is 31.6 Å². The van der Waals surface area contributed by atoms with E-state index in [0.29, 0.717) is 6.54 Å². The lowest BCUT2D eigenvalue weighted by Crippen LogP contribution is -2.46. The Kier molecular flexibility index (Phi) is 7.19. The van der Waals surface area contributed by atoms with Gasteiger partial charge in [0.25, 0.3) is 5.91 Å². The van der Waals surface area contributed by atoms with Gasteiger partial charge in [-0.1, -0.05) is 25.1 Å². The molecule has 0 atom stereocenters. The number of benzene rings is 1. The fourth-order valence-electron chi connectivity index (χ4n) is 2.58. The lowest BCUT2D eigenvalue weighted by Gasteiger charge is -2.33. The van der Waals surface area contributed by atoms with Crippen LogP contribution in [0.1, 0.15) is 13.3 Å². The molecule has 1 saturated heterocycles. The molecule has 0 spiro atoms. The van der Waals surface area contributed by atoms with Gasteiger partial charge in [-0.2, -0.15) is 0 Å². The van der Waals surface area contributed by atoms with Crippen molar-refractivity contribution in [3.8, 4) is 5.75 Å². The van der Waals surface area contributed by atoms with Gasteiger partial charge in [-0.3, -0.25) is 4.79 Å². The summed E-state index contributed by atoms with van der Waals surface area (Å²) in [5.41, 5.74) is 0. The van der Waals surface area contributed by atoms with Gasteiger partial charge >= 0.3 is 0 Å². The molecule has 0 saturated carbocycles. The number of nitrogens with one attached hydrogen (secondary N) is 1. The van der Waals surface area contributed by atoms with E-state index in [4.69, 9.17) is 4.74 Å².